The molecule has 1 N–H and O–H groups in total. The average Bonchev–Trinajstić information content (AvgIpc) is 4.38. The van der Waals surface area contributed by atoms with E-state index in [1.807, 2.05) is 6.07 Å². The molecule has 0 radical (unpaired) electrons. The van der Waals surface area contributed by atoms with Crippen molar-refractivity contribution < 1.29 is 0 Å². The lowest BCUT2D eigenvalue weighted by Gasteiger charge is -2.22. The summed E-state index contributed by atoms with van der Waals surface area (Å²) < 4.78 is 8.16. The second-order valence-electron chi connectivity index (χ2n) is 21.1. The summed E-state index contributed by atoms with van der Waals surface area (Å²) in [6.07, 6.45) is 4.34. The Morgan fingerprint density at radius 3 is 1.52 bits per heavy atom. The Hall–Kier alpha value is -8.64. The fourth-order valence-electron chi connectivity index (χ4n) is 12.6. The number of benzene rings is 10. The highest BCUT2D eigenvalue weighted by Crippen LogP contribution is 2.51. The molecule has 2 aliphatic rings. The van der Waals surface area contributed by atoms with Gasteiger partial charge in [0.05, 0.1) is 27.6 Å². The van der Waals surface area contributed by atoms with Crippen LogP contribution in [0, 0.1) is 0 Å². The highest BCUT2D eigenvalue weighted by molar-refractivity contribution is 9.10. The first-order valence-electron chi connectivity index (χ1n) is 25.9. The molecule has 0 spiro atoms. The first-order chi connectivity index (χ1) is 36.6. The van der Waals surface area contributed by atoms with Gasteiger partial charge in [-0.2, -0.15) is 0 Å². The van der Waals surface area contributed by atoms with Crippen LogP contribution in [0.2, 0.25) is 0 Å². The lowest BCUT2D eigenvalue weighted by Crippen LogP contribution is -2.15. The summed E-state index contributed by atoms with van der Waals surface area (Å²) in [5.74, 6) is 0. The summed E-state index contributed by atoms with van der Waals surface area (Å²) in [6.45, 7) is 9.30. The van der Waals surface area contributed by atoms with Gasteiger partial charge in [0, 0.05) is 82.6 Å². The molecule has 75 heavy (non-hydrogen) atoms. The Kier molecular flexibility index (Phi) is 10.3. The predicted molar refractivity (Wildman–Crippen MR) is 320 cm³/mol. The number of aromatic nitrogens is 4. The SMILES string of the molecule is CC1(C)c2ccccc2-c2ccc(-n3c4ccccc4c4ccc5c(ccn5-c5ccccc5)c43)cc21.CC1(C)c2ccccc2-c2ccc(Br)cc21.c1ccc(-n2ccc3c4[nH]c5ccccc5c4ccc32)cc1. The zero-order valence-corrected chi connectivity index (χ0v) is 43.9. The van der Waals surface area contributed by atoms with E-state index in [9.17, 15) is 0 Å². The molecule has 0 atom stereocenters. The van der Waals surface area contributed by atoms with E-state index in [1.165, 1.54) is 127 Å². The smallest absolute Gasteiger partial charge is 0.0635 e. The van der Waals surface area contributed by atoms with Crippen LogP contribution >= 0.6 is 15.9 Å². The van der Waals surface area contributed by atoms with Gasteiger partial charge in [-0.15, -0.1) is 0 Å². The number of fused-ring (bicyclic) bond motifs is 16. The van der Waals surface area contributed by atoms with E-state index < -0.39 is 0 Å². The van der Waals surface area contributed by atoms with Crippen LogP contribution in [-0.4, -0.2) is 18.7 Å². The van der Waals surface area contributed by atoms with E-state index in [1.54, 1.807) is 0 Å². The Balaban J connectivity index is 0.000000115. The van der Waals surface area contributed by atoms with Gasteiger partial charge in [-0.1, -0.05) is 189 Å². The molecular weight excluding hydrogens is 977 g/mol. The minimum atomic E-state index is -0.0351. The molecule has 0 amide bonds. The summed E-state index contributed by atoms with van der Waals surface area (Å²) >= 11 is 3.56. The van der Waals surface area contributed by atoms with Gasteiger partial charge in [-0.25, -0.2) is 0 Å². The van der Waals surface area contributed by atoms with Crippen molar-refractivity contribution in [2.24, 2.45) is 0 Å². The van der Waals surface area contributed by atoms with Crippen LogP contribution in [0.25, 0.3) is 105 Å². The Labute approximate surface area is 444 Å². The molecule has 0 saturated heterocycles. The van der Waals surface area contributed by atoms with Crippen LogP contribution in [-0.2, 0) is 10.8 Å². The number of rotatable bonds is 3. The van der Waals surface area contributed by atoms with Crippen LogP contribution in [0.4, 0.5) is 0 Å². The Morgan fingerprint density at radius 1 is 0.347 bits per heavy atom. The number of hydrogen-bond donors (Lipinski definition) is 1. The molecule has 10 aromatic carbocycles. The fourth-order valence-corrected chi connectivity index (χ4v) is 13.0. The van der Waals surface area contributed by atoms with Gasteiger partial charge in [0.2, 0.25) is 0 Å². The fraction of sp³-hybridized carbons (Fsp3) is 0.0857. The molecule has 4 aromatic heterocycles. The predicted octanol–water partition coefficient (Wildman–Crippen LogP) is 19.1. The van der Waals surface area contributed by atoms with Crippen molar-refractivity contribution in [3.8, 4) is 39.3 Å². The van der Waals surface area contributed by atoms with Crippen LogP contribution in [0.3, 0.4) is 0 Å². The number of aromatic amines is 1. The third-order valence-electron chi connectivity index (χ3n) is 16.3. The highest BCUT2D eigenvalue weighted by atomic mass is 79.9. The second-order valence-corrected chi connectivity index (χ2v) is 22.1. The van der Waals surface area contributed by atoms with Crippen molar-refractivity contribution in [2.45, 2.75) is 38.5 Å². The van der Waals surface area contributed by atoms with Gasteiger partial charge >= 0.3 is 0 Å². The summed E-state index contributed by atoms with van der Waals surface area (Å²) in [5.41, 5.74) is 22.2. The molecule has 0 fully saturated rings. The van der Waals surface area contributed by atoms with Crippen LogP contribution in [0.1, 0.15) is 49.9 Å². The Morgan fingerprint density at radius 2 is 0.853 bits per heavy atom. The number of para-hydroxylation sites is 4. The van der Waals surface area contributed by atoms with Gasteiger partial charge in [0.1, 0.15) is 0 Å². The molecule has 0 unspecified atom stereocenters. The summed E-state index contributed by atoms with van der Waals surface area (Å²) in [4.78, 5) is 3.57. The van der Waals surface area contributed by atoms with Crippen molar-refractivity contribution in [1.82, 2.24) is 18.7 Å². The second kappa shape index (κ2) is 17.2. The van der Waals surface area contributed by atoms with Crippen molar-refractivity contribution >= 4 is 81.3 Å². The maximum Gasteiger partial charge on any atom is 0.0635 e. The summed E-state index contributed by atoms with van der Waals surface area (Å²) in [6, 6.07) is 83.0. The minimum absolute atomic E-state index is 0.0351. The maximum absolute atomic E-state index is 3.57. The highest BCUT2D eigenvalue weighted by Gasteiger charge is 2.36. The molecule has 5 heteroatoms. The molecule has 4 heterocycles. The van der Waals surface area contributed by atoms with Gasteiger partial charge in [0.25, 0.3) is 0 Å². The molecule has 14 aromatic rings. The van der Waals surface area contributed by atoms with Crippen LogP contribution in [0.15, 0.2) is 247 Å². The zero-order valence-electron chi connectivity index (χ0n) is 42.3. The maximum atomic E-state index is 3.57. The van der Waals surface area contributed by atoms with Gasteiger partial charge in [0.15, 0.2) is 0 Å². The van der Waals surface area contributed by atoms with Crippen molar-refractivity contribution in [3.05, 3.63) is 270 Å². The molecule has 0 bridgehead atoms. The topological polar surface area (TPSA) is 30.6 Å². The molecule has 0 saturated carbocycles. The van der Waals surface area contributed by atoms with Gasteiger partial charge in [-0.3, -0.25) is 0 Å². The van der Waals surface area contributed by atoms with E-state index in [0.717, 1.165) is 4.47 Å². The quantitative estimate of drug-likeness (QED) is 0.183. The third kappa shape index (κ3) is 7.02. The third-order valence-corrected chi connectivity index (χ3v) is 16.8. The number of nitrogens with one attached hydrogen (secondary N) is 1. The van der Waals surface area contributed by atoms with Gasteiger partial charge < -0.3 is 18.7 Å². The number of nitrogens with zero attached hydrogens (tertiary/aromatic N) is 3. The minimum Gasteiger partial charge on any atom is -0.354 e. The van der Waals surface area contributed by atoms with Crippen LogP contribution in [0.5, 0.6) is 0 Å². The molecule has 4 nitrogen and oxygen atoms in total. The zero-order chi connectivity index (χ0) is 50.6. The largest absolute Gasteiger partial charge is 0.354 e. The number of hydrogen-bond acceptors (Lipinski definition) is 0. The van der Waals surface area contributed by atoms with E-state index in [-0.39, 0.29) is 10.8 Å². The van der Waals surface area contributed by atoms with Crippen molar-refractivity contribution in [2.75, 3.05) is 0 Å². The van der Waals surface area contributed by atoms with Crippen molar-refractivity contribution in [3.63, 3.8) is 0 Å². The lowest BCUT2D eigenvalue weighted by molar-refractivity contribution is 0.660. The van der Waals surface area contributed by atoms with Crippen LogP contribution < -0.4 is 0 Å². The molecule has 0 aliphatic heterocycles. The molecule has 360 valence electrons. The number of halogens is 1. The molecular formula is C70H53BrN4. The van der Waals surface area contributed by atoms with E-state index >= 15 is 0 Å². The van der Waals surface area contributed by atoms with E-state index in [4.69, 9.17) is 0 Å². The normalized spacial score (nSPS) is 13.6. The van der Waals surface area contributed by atoms with E-state index in [2.05, 4.69) is 299 Å². The first kappa shape index (κ1) is 45.0. The van der Waals surface area contributed by atoms with Gasteiger partial charge in [-0.05, 0) is 129 Å². The first-order valence-corrected chi connectivity index (χ1v) is 26.7. The summed E-state index contributed by atoms with van der Waals surface area (Å²) in [5, 5.41) is 7.67. The van der Waals surface area contributed by atoms with Crippen molar-refractivity contribution in [1.29, 1.82) is 0 Å². The molecule has 16 rings (SSSR count). The standard InChI is InChI=1S/C35H26N2.C20H14N2.C15H13Br/c1-35(2)30-14-8-6-12-25(30)26-17-16-24(22-31(26)35)37-33-15-9-7-13-27(33)28-18-19-32-29(34(28)37)20-21-36(32)23-10-4-3-5-11-23;1-2-6-14(7-3-1)22-13-12-17-19(22)11-10-16-15-8-4-5-9-18(15)21-20(16)17;1-15(2)13-6-4-3-5-11(13)12-8-7-10(16)9-14(12)15/h3-22H,1-2H3;1-13,21H;3-9H,1-2H3. The monoisotopic (exact) mass is 1030 g/mol. The van der Waals surface area contributed by atoms with E-state index in [0.29, 0.717) is 0 Å². The molecule has 2 aliphatic carbocycles. The average molecular weight is 1030 g/mol. The lowest BCUT2D eigenvalue weighted by atomic mass is 9.82. The summed E-state index contributed by atoms with van der Waals surface area (Å²) in [7, 11) is 0. The Bertz CT molecular complexity index is 4540. The number of H-pyrrole nitrogens is 1.